The third-order valence-corrected chi connectivity index (χ3v) is 5.63. The lowest BCUT2D eigenvalue weighted by Crippen LogP contribution is -2.30. The van der Waals surface area contributed by atoms with Crippen molar-refractivity contribution in [3.8, 4) is 11.5 Å². The van der Waals surface area contributed by atoms with Gasteiger partial charge in [-0.1, -0.05) is 23.7 Å². The molecule has 1 heterocycles. The molecule has 1 aliphatic rings. The van der Waals surface area contributed by atoms with E-state index in [1.807, 2.05) is 37.3 Å². The number of rotatable bonds is 6. The largest absolute Gasteiger partial charge is 0.496 e. The van der Waals surface area contributed by atoms with Gasteiger partial charge in [-0.25, -0.2) is 4.39 Å². The summed E-state index contributed by atoms with van der Waals surface area (Å²) < 4.78 is 24.6. The van der Waals surface area contributed by atoms with Crippen molar-refractivity contribution < 1.29 is 18.7 Å². The molecule has 1 amide bonds. The number of anilines is 1. The maximum atomic E-state index is 13.3. The van der Waals surface area contributed by atoms with Crippen LogP contribution in [-0.4, -0.2) is 18.1 Å². The van der Waals surface area contributed by atoms with Crippen LogP contribution in [-0.2, 0) is 11.4 Å². The number of hydrogen-bond donors (Lipinski definition) is 1. The Morgan fingerprint density at radius 1 is 1.09 bits per heavy atom. The van der Waals surface area contributed by atoms with Gasteiger partial charge in [0.15, 0.2) is 5.11 Å². The molecule has 1 saturated heterocycles. The van der Waals surface area contributed by atoms with E-state index in [2.05, 4.69) is 5.32 Å². The van der Waals surface area contributed by atoms with E-state index < -0.39 is 0 Å². The van der Waals surface area contributed by atoms with E-state index in [0.717, 1.165) is 16.7 Å². The second-order valence-corrected chi connectivity index (χ2v) is 8.19. The lowest BCUT2D eigenvalue weighted by atomic mass is 10.1. The fraction of sp³-hybridized carbons (Fsp3) is 0.120. The fourth-order valence-corrected chi connectivity index (χ4v) is 3.99. The average molecular weight is 483 g/mol. The summed E-state index contributed by atoms with van der Waals surface area (Å²) in [5, 5.41) is 3.69. The molecule has 1 aliphatic heterocycles. The SMILES string of the molecule is COc1ccc(/C=C2/NC(=S)N(c3ccc(F)cc3)C2=O)cc1COc1ccc(C)cc1Cl. The number of nitrogens with one attached hydrogen (secondary N) is 1. The zero-order chi connectivity index (χ0) is 23.5. The highest BCUT2D eigenvalue weighted by Gasteiger charge is 2.32. The Kier molecular flexibility index (Phi) is 6.62. The zero-order valence-corrected chi connectivity index (χ0v) is 19.5. The van der Waals surface area contributed by atoms with E-state index in [4.69, 9.17) is 33.3 Å². The maximum absolute atomic E-state index is 13.3. The third-order valence-electron chi connectivity index (χ3n) is 5.05. The summed E-state index contributed by atoms with van der Waals surface area (Å²) in [4.78, 5) is 14.3. The minimum atomic E-state index is -0.389. The number of aryl methyl sites for hydroxylation is 1. The molecule has 5 nitrogen and oxygen atoms in total. The molecule has 1 N–H and O–H groups in total. The molecule has 4 rings (SSSR count). The Hall–Kier alpha value is -3.42. The summed E-state index contributed by atoms with van der Waals surface area (Å²) in [5.74, 6) is 0.502. The maximum Gasteiger partial charge on any atom is 0.281 e. The number of benzene rings is 3. The van der Waals surface area contributed by atoms with Crippen molar-refractivity contribution in [1.29, 1.82) is 0 Å². The molecule has 0 aliphatic carbocycles. The molecule has 0 spiro atoms. The lowest BCUT2D eigenvalue weighted by molar-refractivity contribution is -0.113. The van der Waals surface area contributed by atoms with E-state index in [-0.39, 0.29) is 23.4 Å². The van der Waals surface area contributed by atoms with Crippen molar-refractivity contribution in [1.82, 2.24) is 5.32 Å². The molecular formula is C25H20ClFN2O3S. The first-order valence-corrected chi connectivity index (χ1v) is 10.8. The molecular weight excluding hydrogens is 463 g/mol. The Morgan fingerprint density at radius 2 is 1.82 bits per heavy atom. The van der Waals surface area contributed by atoms with Gasteiger partial charge in [-0.2, -0.15) is 0 Å². The normalized spacial score (nSPS) is 14.5. The van der Waals surface area contributed by atoms with Gasteiger partial charge in [0, 0.05) is 5.56 Å². The Balaban J connectivity index is 1.57. The average Bonchev–Trinajstić information content (AvgIpc) is 3.06. The van der Waals surface area contributed by atoms with Gasteiger partial charge in [-0.15, -0.1) is 0 Å². The molecule has 0 bridgehead atoms. The van der Waals surface area contributed by atoms with Crippen molar-refractivity contribution in [3.63, 3.8) is 0 Å². The van der Waals surface area contributed by atoms with E-state index >= 15 is 0 Å². The minimum Gasteiger partial charge on any atom is -0.496 e. The molecule has 0 saturated carbocycles. The van der Waals surface area contributed by atoms with E-state index in [0.29, 0.717) is 27.9 Å². The Bertz CT molecular complexity index is 1260. The smallest absolute Gasteiger partial charge is 0.281 e. The number of halogens is 2. The number of carbonyl (C=O) groups is 1. The van der Waals surface area contributed by atoms with Crippen LogP contribution >= 0.6 is 23.8 Å². The summed E-state index contributed by atoms with van der Waals surface area (Å²) in [6.45, 7) is 2.18. The van der Waals surface area contributed by atoms with Crippen LogP contribution in [0, 0.1) is 12.7 Å². The number of carbonyl (C=O) groups excluding carboxylic acids is 1. The van der Waals surface area contributed by atoms with Gasteiger partial charge in [0.2, 0.25) is 0 Å². The predicted molar refractivity (Wildman–Crippen MR) is 131 cm³/mol. The molecule has 0 aromatic heterocycles. The molecule has 0 unspecified atom stereocenters. The topological polar surface area (TPSA) is 50.8 Å². The molecule has 33 heavy (non-hydrogen) atoms. The molecule has 1 fully saturated rings. The number of ether oxygens (including phenoxy) is 2. The van der Waals surface area contributed by atoms with E-state index in [1.54, 1.807) is 19.3 Å². The highest BCUT2D eigenvalue weighted by atomic mass is 35.5. The summed E-state index contributed by atoms with van der Waals surface area (Å²) in [6.07, 6.45) is 1.69. The van der Waals surface area contributed by atoms with Gasteiger partial charge in [0.25, 0.3) is 5.91 Å². The summed E-state index contributed by atoms with van der Waals surface area (Å²) >= 11 is 11.6. The summed E-state index contributed by atoms with van der Waals surface area (Å²) in [5.41, 5.74) is 3.37. The number of amides is 1. The van der Waals surface area contributed by atoms with Gasteiger partial charge in [-0.05, 0) is 84.9 Å². The van der Waals surface area contributed by atoms with Crippen LogP contribution < -0.4 is 19.7 Å². The third kappa shape index (κ3) is 4.99. The van der Waals surface area contributed by atoms with Crippen LogP contribution in [0.4, 0.5) is 10.1 Å². The first-order chi connectivity index (χ1) is 15.9. The van der Waals surface area contributed by atoms with Crippen molar-refractivity contribution in [3.05, 3.63) is 93.9 Å². The standard InChI is InChI=1S/C25H20ClFN2O3S/c1-15-3-9-23(20(26)11-15)32-14-17-12-16(4-10-22(17)31-2)13-21-24(30)29(25(33)28-21)19-7-5-18(27)6-8-19/h3-13H,14H2,1-2H3,(H,28,33)/b21-13+. The zero-order valence-electron chi connectivity index (χ0n) is 17.9. The second kappa shape index (κ2) is 9.60. The minimum absolute atomic E-state index is 0.226. The van der Waals surface area contributed by atoms with Crippen LogP contribution in [0.3, 0.4) is 0 Å². The second-order valence-electron chi connectivity index (χ2n) is 7.40. The van der Waals surface area contributed by atoms with E-state index in [1.165, 1.54) is 29.2 Å². The van der Waals surface area contributed by atoms with Crippen molar-refractivity contribution in [2.24, 2.45) is 0 Å². The lowest BCUT2D eigenvalue weighted by Gasteiger charge is -2.13. The number of thiocarbonyl (C=S) groups is 1. The summed E-state index contributed by atoms with van der Waals surface area (Å²) in [7, 11) is 1.58. The van der Waals surface area contributed by atoms with Crippen molar-refractivity contribution >= 4 is 46.6 Å². The van der Waals surface area contributed by atoms with Gasteiger partial charge in [0.1, 0.15) is 29.6 Å². The summed E-state index contributed by atoms with van der Waals surface area (Å²) in [6, 6.07) is 16.6. The molecule has 0 radical (unpaired) electrons. The van der Waals surface area contributed by atoms with Gasteiger partial charge >= 0.3 is 0 Å². The monoisotopic (exact) mass is 482 g/mol. The number of hydrogen-bond acceptors (Lipinski definition) is 4. The highest BCUT2D eigenvalue weighted by molar-refractivity contribution is 7.80. The number of methoxy groups -OCH3 is 1. The van der Waals surface area contributed by atoms with Gasteiger partial charge in [0.05, 0.1) is 17.8 Å². The first kappa shape index (κ1) is 22.8. The number of nitrogens with zero attached hydrogens (tertiary/aromatic N) is 1. The Labute approximate surface area is 201 Å². The van der Waals surface area contributed by atoms with Crippen LogP contribution in [0.25, 0.3) is 6.08 Å². The van der Waals surface area contributed by atoms with Gasteiger partial charge in [-0.3, -0.25) is 9.69 Å². The van der Waals surface area contributed by atoms with Crippen LogP contribution in [0.15, 0.2) is 66.4 Å². The van der Waals surface area contributed by atoms with Crippen molar-refractivity contribution in [2.75, 3.05) is 12.0 Å². The molecule has 168 valence electrons. The van der Waals surface area contributed by atoms with Crippen LogP contribution in [0.1, 0.15) is 16.7 Å². The highest BCUT2D eigenvalue weighted by Crippen LogP contribution is 2.29. The van der Waals surface area contributed by atoms with E-state index in [9.17, 15) is 9.18 Å². The first-order valence-electron chi connectivity index (χ1n) is 10.0. The molecule has 3 aromatic carbocycles. The van der Waals surface area contributed by atoms with Crippen LogP contribution in [0.5, 0.6) is 11.5 Å². The van der Waals surface area contributed by atoms with Gasteiger partial charge < -0.3 is 14.8 Å². The Morgan fingerprint density at radius 3 is 2.52 bits per heavy atom. The van der Waals surface area contributed by atoms with Crippen LogP contribution in [0.2, 0.25) is 5.02 Å². The van der Waals surface area contributed by atoms with Crippen molar-refractivity contribution in [2.45, 2.75) is 13.5 Å². The fourth-order valence-electron chi connectivity index (χ4n) is 3.41. The quantitative estimate of drug-likeness (QED) is 0.364. The molecule has 8 heteroatoms. The molecule has 0 atom stereocenters. The predicted octanol–water partition coefficient (Wildman–Crippen LogP) is 5.64. The molecule has 3 aromatic rings.